The van der Waals surface area contributed by atoms with E-state index < -0.39 is 5.97 Å². The Morgan fingerprint density at radius 2 is 1.92 bits per heavy atom. The van der Waals surface area contributed by atoms with Crippen LogP contribution in [-0.4, -0.2) is 30.6 Å². The van der Waals surface area contributed by atoms with Gasteiger partial charge in [-0.2, -0.15) is 0 Å². The van der Waals surface area contributed by atoms with Crippen molar-refractivity contribution in [2.75, 3.05) is 19.0 Å². The molecule has 7 heteroatoms. The maximum absolute atomic E-state index is 11.9. The molecular weight excluding hydrogens is 328 g/mol. The average Bonchev–Trinajstić information content (AvgIpc) is 2.92. The summed E-state index contributed by atoms with van der Waals surface area (Å²) in [6, 6.07) is 7.63. The van der Waals surface area contributed by atoms with Gasteiger partial charge < -0.3 is 9.47 Å². The molecular formula is C17H20N2O4S. The van der Waals surface area contributed by atoms with Crippen LogP contribution in [0.2, 0.25) is 0 Å². The third-order valence-corrected chi connectivity index (χ3v) is 4.38. The van der Waals surface area contributed by atoms with Crippen LogP contribution >= 0.6 is 11.3 Å². The molecule has 6 nitrogen and oxygen atoms in total. The number of benzene rings is 1. The Hall–Kier alpha value is -2.41. The van der Waals surface area contributed by atoms with Crippen LogP contribution in [0.3, 0.4) is 0 Å². The third-order valence-electron chi connectivity index (χ3n) is 3.33. The van der Waals surface area contributed by atoms with Crippen molar-refractivity contribution in [3.05, 3.63) is 40.4 Å². The number of rotatable bonds is 6. The number of aryl methyl sites for hydroxylation is 1. The van der Waals surface area contributed by atoms with Crippen LogP contribution in [0.5, 0.6) is 5.75 Å². The molecule has 1 amide bonds. The molecule has 0 spiro atoms. The summed E-state index contributed by atoms with van der Waals surface area (Å²) in [5.74, 6) is 0.264. The minimum Gasteiger partial charge on any atom is -0.484 e. The zero-order chi connectivity index (χ0) is 17.7. The second-order valence-corrected chi connectivity index (χ2v) is 6.48. The number of hydrogen-bond acceptors (Lipinski definition) is 6. The monoisotopic (exact) mass is 348 g/mol. The zero-order valence-electron chi connectivity index (χ0n) is 14.1. The summed E-state index contributed by atoms with van der Waals surface area (Å²) < 4.78 is 10.1. The Morgan fingerprint density at radius 3 is 2.50 bits per heavy atom. The van der Waals surface area contributed by atoms with Gasteiger partial charge in [0.2, 0.25) is 0 Å². The molecule has 0 saturated carbocycles. The summed E-state index contributed by atoms with van der Waals surface area (Å²) in [5.41, 5.74) is 1.73. The van der Waals surface area contributed by atoms with Crippen LogP contribution in [0.1, 0.15) is 40.7 Å². The largest absolute Gasteiger partial charge is 0.484 e. The van der Waals surface area contributed by atoms with E-state index in [0.29, 0.717) is 27.4 Å². The maximum Gasteiger partial charge on any atom is 0.350 e. The first-order valence-electron chi connectivity index (χ1n) is 7.49. The van der Waals surface area contributed by atoms with Gasteiger partial charge in [-0.25, -0.2) is 9.78 Å². The van der Waals surface area contributed by atoms with Gasteiger partial charge in [0, 0.05) is 0 Å². The highest BCUT2D eigenvalue weighted by Crippen LogP contribution is 2.23. The van der Waals surface area contributed by atoms with E-state index in [1.165, 1.54) is 12.7 Å². The van der Waals surface area contributed by atoms with E-state index in [-0.39, 0.29) is 12.5 Å². The summed E-state index contributed by atoms with van der Waals surface area (Å²) in [5, 5.41) is 2.96. The van der Waals surface area contributed by atoms with Crippen molar-refractivity contribution >= 4 is 28.3 Å². The number of hydrogen-bond donors (Lipinski definition) is 1. The molecule has 0 atom stereocenters. The first-order chi connectivity index (χ1) is 11.4. The number of nitrogens with zero attached hydrogens (tertiary/aromatic N) is 1. The van der Waals surface area contributed by atoms with Crippen LogP contribution in [0, 0.1) is 6.92 Å². The van der Waals surface area contributed by atoms with Gasteiger partial charge in [-0.3, -0.25) is 10.1 Å². The molecule has 0 fully saturated rings. The number of aromatic nitrogens is 1. The van der Waals surface area contributed by atoms with E-state index in [1.54, 1.807) is 6.92 Å². The Kier molecular flexibility index (Phi) is 5.92. The van der Waals surface area contributed by atoms with Crippen LogP contribution in [0.15, 0.2) is 24.3 Å². The Bertz CT molecular complexity index is 723. The predicted octanol–water partition coefficient (Wildman–Crippen LogP) is 3.38. The molecule has 1 N–H and O–H groups in total. The maximum atomic E-state index is 11.9. The fourth-order valence-corrected chi connectivity index (χ4v) is 2.89. The van der Waals surface area contributed by atoms with Crippen molar-refractivity contribution in [3.63, 3.8) is 0 Å². The molecule has 0 bridgehead atoms. The van der Waals surface area contributed by atoms with E-state index in [1.807, 2.05) is 24.3 Å². The van der Waals surface area contributed by atoms with Crippen LogP contribution in [0.4, 0.5) is 5.13 Å². The Labute approximate surface area is 144 Å². The second-order valence-electron chi connectivity index (χ2n) is 5.49. The predicted molar refractivity (Wildman–Crippen MR) is 92.8 cm³/mol. The van der Waals surface area contributed by atoms with Gasteiger partial charge in [-0.1, -0.05) is 37.3 Å². The van der Waals surface area contributed by atoms with Gasteiger partial charge in [0.15, 0.2) is 11.7 Å². The number of anilines is 1. The number of thiazole rings is 1. The highest BCUT2D eigenvalue weighted by molar-refractivity contribution is 7.17. The minimum absolute atomic E-state index is 0.132. The number of nitrogens with one attached hydrogen (secondary N) is 1. The summed E-state index contributed by atoms with van der Waals surface area (Å²) in [7, 11) is 1.30. The molecule has 1 aromatic carbocycles. The first-order valence-corrected chi connectivity index (χ1v) is 8.30. The normalized spacial score (nSPS) is 10.5. The topological polar surface area (TPSA) is 77.5 Å². The average molecular weight is 348 g/mol. The standard InChI is InChI=1S/C17H20N2O4S/c1-10(2)12-5-7-13(8-6-12)23-9-14(20)19-17-18-11(3)15(24-17)16(21)22-4/h5-8,10H,9H2,1-4H3,(H,18,19,20). The molecule has 1 heterocycles. The molecule has 1 aromatic heterocycles. The lowest BCUT2D eigenvalue weighted by molar-refractivity contribution is -0.118. The van der Waals surface area contributed by atoms with Crippen LogP contribution in [0.25, 0.3) is 0 Å². The SMILES string of the molecule is COC(=O)c1sc(NC(=O)COc2ccc(C(C)C)cc2)nc1C. The highest BCUT2D eigenvalue weighted by Gasteiger charge is 2.17. The lowest BCUT2D eigenvalue weighted by Gasteiger charge is -2.08. The van der Waals surface area contributed by atoms with Gasteiger partial charge in [0.25, 0.3) is 5.91 Å². The number of carbonyl (C=O) groups excluding carboxylic acids is 2. The number of esters is 1. The Morgan fingerprint density at radius 1 is 1.25 bits per heavy atom. The fraction of sp³-hybridized carbons (Fsp3) is 0.353. The summed E-state index contributed by atoms with van der Waals surface area (Å²) in [4.78, 5) is 28.0. The summed E-state index contributed by atoms with van der Waals surface area (Å²) >= 11 is 1.07. The summed E-state index contributed by atoms with van der Waals surface area (Å²) in [6.45, 7) is 5.78. The number of ether oxygens (including phenoxy) is 2. The van der Waals surface area contributed by atoms with E-state index >= 15 is 0 Å². The van der Waals surface area contributed by atoms with Crippen molar-refractivity contribution in [2.45, 2.75) is 26.7 Å². The molecule has 128 valence electrons. The van der Waals surface area contributed by atoms with Crippen LogP contribution in [-0.2, 0) is 9.53 Å². The van der Waals surface area contributed by atoms with Gasteiger partial charge in [-0.15, -0.1) is 0 Å². The number of amides is 1. The number of carbonyl (C=O) groups is 2. The smallest absolute Gasteiger partial charge is 0.350 e. The van der Waals surface area contributed by atoms with E-state index in [9.17, 15) is 9.59 Å². The highest BCUT2D eigenvalue weighted by atomic mass is 32.1. The lowest BCUT2D eigenvalue weighted by Crippen LogP contribution is -2.20. The molecule has 2 aromatic rings. The molecule has 0 radical (unpaired) electrons. The van der Waals surface area contributed by atoms with Crippen molar-refractivity contribution in [2.24, 2.45) is 0 Å². The van der Waals surface area contributed by atoms with Crippen molar-refractivity contribution in [1.29, 1.82) is 0 Å². The van der Waals surface area contributed by atoms with E-state index in [0.717, 1.165) is 11.3 Å². The van der Waals surface area contributed by atoms with E-state index in [2.05, 4.69) is 28.9 Å². The van der Waals surface area contributed by atoms with Gasteiger partial charge in [-0.05, 0) is 30.5 Å². The Balaban J connectivity index is 1.90. The molecule has 0 unspecified atom stereocenters. The molecule has 24 heavy (non-hydrogen) atoms. The van der Waals surface area contributed by atoms with Crippen molar-refractivity contribution in [3.8, 4) is 5.75 Å². The zero-order valence-corrected chi connectivity index (χ0v) is 14.9. The molecule has 0 saturated heterocycles. The fourth-order valence-electron chi connectivity index (χ4n) is 1.99. The first kappa shape index (κ1) is 17.9. The molecule has 2 rings (SSSR count). The van der Waals surface area contributed by atoms with Crippen LogP contribution < -0.4 is 10.1 Å². The lowest BCUT2D eigenvalue weighted by atomic mass is 10.0. The quantitative estimate of drug-likeness (QED) is 0.810. The van der Waals surface area contributed by atoms with Gasteiger partial charge in [0.1, 0.15) is 10.6 Å². The molecule has 0 aliphatic carbocycles. The molecule has 0 aliphatic heterocycles. The molecule has 0 aliphatic rings. The number of methoxy groups -OCH3 is 1. The van der Waals surface area contributed by atoms with Crippen molar-refractivity contribution < 1.29 is 19.1 Å². The second kappa shape index (κ2) is 7.92. The van der Waals surface area contributed by atoms with Gasteiger partial charge in [0.05, 0.1) is 12.8 Å². The summed E-state index contributed by atoms with van der Waals surface area (Å²) in [6.07, 6.45) is 0. The van der Waals surface area contributed by atoms with Crippen molar-refractivity contribution in [1.82, 2.24) is 4.98 Å². The van der Waals surface area contributed by atoms with E-state index in [4.69, 9.17) is 4.74 Å². The van der Waals surface area contributed by atoms with Gasteiger partial charge >= 0.3 is 5.97 Å². The minimum atomic E-state index is -0.466. The third kappa shape index (κ3) is 4.55.